The molecule has 3 nitrogen and oxygen atoms in total. The van der Waals surface area contributed by atoms with Crippen LogP contribution in [0.4, 0.5) is 4.39 Å². The van der Waals surface area contributed by atoms with Crippen molar-refractivity contribution in [2.45, 2.75) is 52.2 Å². The zero-order valence-electron chi connectivity index (χ0n) is 17.4. The predicted molar refractivity (Wildman–Crippen MR) is 123 cm³/mol. The van der Waals surface area contributed by atoms with Gasteiger partial charge >= 0.3 is 0 Å². The Kier molecular flexibility index (Phi) is 10.5. The van der Waals surface area contributed by atoms with Gasteiger partial charge in [0.15, 0.2) is 11.5 Å². The van der Waals surface area contributed by atoms with Crippen LogP contribution in [-0.4, -0.2) is 13.2 Å². The van der Waals surface area contributed by atoms with Gasteiger partial charge in [0, 0.05) is 6.54 Å². The molecule has 1 N–H and O–H groups in total. The molecule has 0 saturated carbocycles. The van der Waals surface area contributed by atoms with Gasteiger partial charge in [0.2, 0.25) is 0 Å². The molecule has 0 aromatic heterocycles. The van der Waals surface area contributed by atoms with Crippen molar-refractivity contribution >= 4 is 24.0 Å². The molecule has 0 heterocycles. The van der Waals surface area contributed by atoms with Gasteiger partial charge in [-0.1, -0.05) is 35.4 Å². The Morgan fingerprint density at radius 2 is 1.87 bits per heavy atom. The van der Waals surface area contributed by atoms with E-state index in [0.717, 1.165) is 30.6 Å². The number of rotatable bonds is 10. The summed E-state index contributed by atoms with van der Waals surface area (Å²) in [6, 6.07) is 10.1. The van der Waals surface area contributed by atoms with E-state index in [2.05, 4.69) is 11.4 Å². The summed E-state index contributed by atoms with van der Waals surface area (Å²) in [6.07, 6.45) is 8.60. The fourth-order valence-corrected chi connectivity index (χ4v) is 3.76. The molecule has 1 aliphatic carbocycles. The highest BCUT2D eigenvalue weighted by molar-refractivity contribution is 6.32. The number of hydrogen-bond donors (Lipinski definition) is 1. The van der Waals surface area contributed by atoms with Crippen LogP contribution >= 0.6 is 24.0 Å². The van der Waals surface area contributed by atoms with Crippen molar-refractivity contribution in [3.05, 3.63) is 70.0 Å². The third-order valence-electron chi connectivity index (χ3n) is 5.00. The average molecular weight is 454 g/mol. The van der Waals surface area contributed by atoms with Gasteiger partial charge in [-0.3, -0.25) is 0 Å². The smallest absolute Gasteiger partial charge is 0.180 e. The van der Waals surface area contributed by atoms with Crippen LogP contribution in [0.5, 0.6) is 11.5 Å². The highest BCUT2D eigenvalue weighted by atomic mass is 35.5. The molecule has 0 radical (unpaired) electrons. The van der Waals surface area contributed by atoms with Crippen LogP contribution in [0.25, 0.3) is 0 Å². The Morgan fingerprint density at radius 1 is 1.07 bits per heavy atom. The third kappa shape index (κ3) is 7.50. The summed E-state index contributed by atoms with van der Waals surface area (Å²) in [4.78, 5) is 0. The summed E-state index contributed by atoms with van der Waals surface area (Å²) in [5.41, 5.74) is 3.50. The predicted octanol–water partition coefficient (Wildman–Crippen LogP) is 6.86. The Bertz CT molecular complexity index is 825. The van der Waals surface area contributed by atoms with E-state index in [9.17, 15) is 4.39 Å². The van der Waals surface area contributed by atoms with Crippen LogP contribution in [-0.2, 0) is 13.2 Å². The maximum absolute atomic E-state index is 13.1. The highest BCUT2D eigenvalue weighted by Crippen LogP contribution is 2.37. The molecule has 0 spiro atoms. The molecule has 3 rings (SSSR count). The molecule has 164 valence electrons. The zero-order valence-corrected chi connectivity index (χ0v) is 19.0. The topological polar surface area (TPSA) is 30.5 Å². The monoisotopic (exact) mass is 453 g/mol. The van der Waals surface area contributed by atoms with Crippen molar-refractivity contribution in [3.63, 3.8) is 0 Å². The lowest BCUT2D eigenvalue weighted by Gasteiger charge is -2.16. The van der Waals surface area contributed by atoms with Crippen LogP contribution in [0.3, 0.4) is 0 Å². The maximum atomic E-state index is 13.1. The fourth-order valence-electron chi connectivity index (χ4n) is 3.48. The standard InChI is InChI=1S/C24H29ClFNO2.ClH/c1-2-28-23-15-20(16-27-13-12-18-6-4-3-5-7-18)14-22(25)24(23)29-17-19-8-10-21(26)11-9-19;/h6,8-11,14-15,27H,2-5,7,12-13,16-17H2,1H3;1H. The van der Waals surface area contributed by atoms with E-state index in [1.807, 2.05) is 19.1 Å². The highest BCUT2D eigenvalue weighted by Gasteiger charge is 2.13. The molecule has 0 amide bonds. The molecule has 0 fully saturated rings. The summed E-state index contributed by atoms with van der Waals surface area (Å²) in [5, 5.41) is 4.02. The molecule has 2 aromatic carbocycles. The third-order valence-corrected chi connectivity index (χ3v) is 5.28. The van der Waals surface area contributed by atoms with Crippen LogP contribution in [0.2, 0.25) is 5.02 Å². The van der Waals surface area contributed by atoms with Gasteiger partial charge in [0.1, 0.15) is 12.4 Å². The van der Waals surface area contributed by atoms with Gasteiger partial charge in [-0.25, -0.2) is 4.39 Å². The Hall–Kier alpha value is -1.75. The number of benzene rings is 2. The molecule has 0 aliphatic heterocycles. The van der Waals surface area contributed by atoms with Crippen LogP contribution in [0, 0.1) is 5.82 Å². The first-order valence-electron chi connectivity index (χ1n) is 10.4. The number of hydrogen-bond acceptors (Lipinski definition) is 3. The molecule has 1 aliphatic rings. The Labute approximate surface area is 190 Å². The van der Waals surface area contributed by atoms with E-state index >= 15 is 0 Å². The van der Waals surface area contributed by atoms with Gasteiger partial charge in [0.25, 0.3) is 0 Å². The van der Waals surface area contributed by atoms with Crippen molar-refractivity contribution in [2.24, 2.45) is 0 Å². The first-order chi connectivity index (χ1) is 14.2. The minimum atomic E-state index is -0.265. The zero-order chi connectivity index (χ0) is 20.5. The Morgan fingerprint density at radius 3 is 2.57 bits per heavy atom. The van der Waals surface area contributed by atoms with E-state index in [0.29, 0.717) is 29.7 Å². The molecule has 0 unspecified atom stereocenters. The quantitative estimate of drug-likeness (QED) is 0.314. The number of nitrogens with one attached hydrogen (secondary N) is 1. The summed E-state index contributed by atoms with van der Waals surface area (Å²) in [5.74, 6) is 0.890. The summed E-state index contributed by atoms with van der Waals surface area (Å²) >= 11 is 6.49. The molecule has 0 saturated heterocycles. The molecule has 30 heavy (non-hydrogen) atoms. The largest absolute Gasteiger partial charge is 0.490 e. The fraction of sp³-hybridized carbons (Fsp3) is 0.417. The van der Waals surface area contributed by atoms with E-state index in [1.165, 1.54) is 37.8 Å². The average Bonchev–Trinajstić information content (AvgIpc) is 2.73. The van der Waals surface area contributed by atoms with Crippen LogP contribution in [0.1, 0.15) is 50.2 Å². The lowest BCUT2D eigenvalue weighted by Crippen LogP contribution is -2.16. The van der Waals surface area contributed by atoms with Gasteiger partial charge in [-0.05, 0) is 81.0 Å². The number of halogens is 3. The molecule has 6 heteroatoms. The molecular formula is C24H30Cl2FNO2. The van der Waals surface area contributed by atoms with E-state index < -0.39 is 0 Å². The van der Waals surface area contributed by atoms with E-state index in [-0.39, 0.29) is 18.2 Å². The molecular weight excluding hydrogens is 424 g/mol. The second-order valence-electron chi connectivity index (χ2n) is 7.29. The van der Waals surface area contributed by atoms with Gasteiger partial charge < -0.3 is 14.8 Å². The molecule has 0 bridgehead atoms. The first-order valence-corrected chi connectivity index (χ1v) is 10.7. The second-order valence-corrected chi connectivity index (χ2v) is 7.70. The second kappa shape index (κ2) is 12.8. The minimum Gasteiger partial charge on any atom is -0.490 e. The first kappa shape index (κ1) is 24.5. The van der Waals surface area contributed by atoms with Crippen molar-refractivity contribution in [1.29, 1.82) is 0 Å². The van der Waals surface area contributed by atoms with E-state index in [4.69, 9.17) is 21.1 Å². The van der Waals surface area contributed by atoms with Crippen molar-refractivity contribution in [1.82, 2.24) is 5.32 Å². The van der Waals surface area contributed by atoms with Gasteiger partial charge in [-0.15, -0.1) is 12.4 Å². The number of allylic oxidation sites excluding steroid dienone is 1. The van der Waals surface area contributed by atoms with E-state index in [1.54, 1.807) is 17.7 Å². The SMILES string of the molecule is CCOc1cc(CNCCC2=CCCCC2)cc(Cl)c1OCc1ccc(F)cc1.Cl. The lowest BCUT2D eigenvalue weighted by atomic mass is 9.97. The minimum absolute atomic E-state index is 0. The summed E-state index contributed by atoms with van der Waals surface area (Å²) < 4.78 is 24.7. The number of ether oxygens (including phenoxy) is 2. The van der Waals surface area contributed by atoms with Gasteiger partial charge in [0.05, 0.1) is 11.6 Å². The summed E-state index contributed by atoms with van der Waals surface area (Å²) in [6.45, 7) is 4.43. The maximum Gasteiger partial charge on any atom is 0.180 e. The lowest BCUT2D eigenvalue weighted by molar-refractivity contribution is 0.269. The van der Waals surface area contributed by atoms with Crippen molar-refractivity contribution in [3.8, 4) is 11.5 Å². The van der Waals surface area contributed by atoms with Crippen molar-refractivity contribution in [2.75, 3.05) is 13.2 Å². The van der Waals surface area contributed by atoms with Gasteiger partial charge in [-0.2, -0.15) is 0 Å². The molecule has 2 aromatic rings. The van der Waals surface area contributed by atoms with Crippen molar-refractivity contribution < 1.29 is 13.9 Å². The normalized spacial score (nSPS) is 13.4. The van der Waals surface area contributed by atoms with Crippen LogP contribution < -0.4 is 14.8 Å². The Balaban J connectivity index is 0.00000320. The molecule has 0 atom stereocenters. The van der Waals surface area contributed by atoms with Crippen LogP contribution in [0.15, 0.2) is 48.0 Å². The summed E-state index contributed by atoms with van der Waals surface area (Å²) in [7, 11) is 0.